The quantitative estimate of drug-likeness (QED) is 0.696. The van der Waals surface area contributed by atoms with Crippen molar-refractivity contribution < 1.29 is 22.7 Å². The number of carbonyl (C=O) groups excluding carboxylic acids is 1. The second-order valence-electron chi connectivity index (χ2n) is 4.73. The molecule has 0 saturated carbocycles. The van der Waals surface area contributed by atoms with Crippen molar-refractivity contribution in [2.75, 3.05) is 0 Å². The van der Waals surface area contributed by atoms with Crippen LogP contribution in [-0.4, -0.2) is 17.1 Å². The molecule has 0 bridgehead atoms. The summed E-state index contributed by atoms with van der Waals surface area (Å²) in [5.74, 6) is -1.17. The number of hydrogen-bond acceptors (Lipinski definition) is 3. The Hall–Kier alpha value is -2.37. The molecule has 0 fully saturated rings. The van der Waals surface area contributed by atoms with E-state index >= 15 is 0 Å². The van der Waals surface area contributed by atoms with Gasteiger partial charge < -0.3 is 4.74 Å². The molecule has 6 heteroatoms. The van der Waals surface area contributed by atoms with E-state index in [4.69, 9.17) is 0 Å². The molecule has 24 heavy (non-hydrogen) atoms. The first kappa shape index (κ1) is 19.7. The summed E-state index contributed by atoms with van der Waals surface area (Å²) in [6.07, 6.45) is -2.71. The van der Waals surface area contributed by atoms with Crippen molar-refractivity contribution in [2.45, 2.75) is 40.5 Å². The second kappa shape index (κ2) is 8.47. The number of rotatable bonds is 4. The van der Waals surface area contributed by atoms with Crippen LogP contribution in [0, 0.1) is 0 Å². The standard InChI is InChI=1S/C16H14F3NO2.C2H6/c1-3-11-5-4-6-12(7-11)13-8-14(22-16(17,18)19)15(10(2)21)20-9-13;1-2/h4-9H,3H2,1-2H3;1-2H3. The van der Waals surface area contributed by atoms with Gasteiger partial charge in [-0.2, -0.15) is 0 Å². The molecule has 130 valence electrons. The summed E-state index contributed by atoms with van der Waals surface area (Å²) in [6.45, 7) is 7.12. The third kappa shape index (κ3) is 5.37. The Morgan fingerprint density at radius 1 is 1.17 bits per heavy atom. The van der Waals surface area contributed by atoms with Gasteiger partial charge in [0.2, 0.25) is 0 Å². The van der Waals surface area contributed by atoms with Gasteiger partial charge in [-0.25, -0.2) is 4.98 Å². The summed E-state index contributed by atoms with van der Waals surface area (Å²) in [5.41, 5.74) is 1.88. The van der Waals surface area contributed by atoms with Gasteiger partial charge >= 0.3 is 6.36 Å². The Balaban J connectivity index is 0.00000139. The lowest BCUT2D eigenvalue weighted by atomic mass is 10.0. The molecule has 2 rings (SSSR count). The third-order valence-electron chi connectivity index (χ3n) is 3.08. The van der Waals surface area contributed by atoms with E-state index < -0.39 is 17.9 Å². The van der Waals surface area contributed by atoms with E-state index in [1.165, 1.54) is 12.3 Å². The molecule has 1 aromatic carbocycles. The number of aryl methyl sites for hydroxylation is 1. The minimum atomic E-state index is -4.88. The fourth-order valence-corrected chi connectivity index (χ4v) is 2.04. The Kier molecular flexibility index (Phi) is 6.95. The highest BCUT2D eigenvalue weighted by Crippen LogP contribution is 2.30. The summed E-state index contributed by atoms with van der Waals surface area (Å²) in [7, 11) is 0. The lowest BCUT2D eigenvalue weighted by Crippen LogP contribution is -2.19. The van der Waals surface area contributed by atoms with Gasteiger partial charge in [-0.15, -0.1) is 13.2 Å². The average molecular weight is 339 g/mol. The summed E-state index contributed by atoms with van der Waals surface area (Å²) < 4.78 is 41.4. The van der Waals surface area contributed by atoms with Crippen molar-refractivity contribution in [3.63, 3.8) is 0 Å². The van der Waals surface area contributed by atoms with Gasteiger partial charge in [0.05, 0.1) is 0 Å². The average Bonchev–Trinajstić information content (AvgIpc) is 2.55. The van der Waals surface area contributed by atoms with Crippen LogP contribution < -0.4 is 4.74 Å². The maximum Gasteiger partial charge on any atom is 0.573 e. The van der Waals surface area contributed by atoms with Crippen LogP contribution in [0.2, 0.25) is 0 Å². The van der Waals surface area contributed by atoms with Crippen molar-refractivity contribution in [2.24, 2.45) is 0 Å². The molecule has 1 aromatic heterocycles. The Morgan fingerprint density at radius 3 is 2.38 bits per heavy atom. The monoisotopic (exact) mass is 339 g/mol. The van der Waals surface area contributed by atoms with E-state index in [9.17, 15) is 18.0 Å². The van der Waals surface area contributed by atoms with Crippen LogP contribution in [0.5, 0.6) is 5.75 Å². The van der Waals surface area contributed by atoms with Gasteiger partial charge in [0.25, 0.3) is 0 Å². The number of ether oxygens (including phenoxy) is 1. The lowest BCUT2D eigenvalue weighted by Gasteiger charge is -2.13. The molecule has 0 aliphatic heterocycles. The fraction of sp³-hybridized carbons (Fsp3) is 0.333. The van der Waals surface area contributed by atoms with Crippen molar-refractivity contribution in [1.29, 1.82) is 0 Å². The zero-order valence-corrected chi connectivity index (χ0v) is 14.1. The first-order chi connectivity index (χ1) is 11.3. The van der Waals surface area contributed by atoms with Crippen molar-refractivity contribution >= 4 is 5.78 Å². The van der Waals surface area contributed by atoms with Crippen LogP contribution in [-0.2, 0) is 6.42 Å². The molecule has 0 amide bonds. The van der Waals surface area contributed by atoms with Gasteiger partial charge in [0.15, 0.2) is 11.5 Å². The Labute approximate surface area is 139 Å². The predicted molar refractivity (Wildman–Crippen MR) is 87.1 cm³/mol. The molecule has 2 aromatic rings. The first-order valence-electron chi connectivity index (χ1n) is 7.66. The summed E-state index contributed by atoms with van der Waals surface area (Å²) in [6, 6.07) is 8.56. The van der Waals surface area contributed by atoms with Gasteiger partial charge in [-0.05, 0) is 23.6 Å². The number of nitrogens with zero attached hydrogens (tertiary/aromatic N) is 1. The maximum atomic E-state index is 12.5. The number of aromatic nitrogens is 1. The number of halogens is 3. The van der Waals surface area contributed by atoms with Crippen molar-refractivity contribution in [3.8, 4) is 16.9 Å². The van der Waals surface area contributed by atoms with Crippen LogP contribution in [0.1, 0.15) is 43.7 Å². The molecule has 0 aliphatic carbocycles. The van der Waals surface area contributed by atoms with E-state index in [2.05, 4.69) is 9.72 Å². The van der Waals surface area contributed by atoms with Crippen LogP contribution in [0.4, 0.5) is 13.2 Å². The maximum absolute atomic E-state index is 12.5. The normalized spacial score (nSPS) is 10.6. The number of pyridine rings is 1. The zero-order valence-electron chi connectivity index (χ0n) is 14.1. The number of benzene rings is 1. The largest absolute Gasteiger partial charge is 0.573 e. The molecule has 0 aliphatic rings. The number of carbonyl (C=O) groups is 1. The summed E-state index contributed by atoms with van der Waals surface area (Å²) >= 11 is 0. The van der Waals surface area contributed by atoms with Gasteiger partial charge in [0.1, 0.15) is 5.69 Å². The molecule has 0 N–H and O–H groups in total. The molecule has 0 unspecified atom stereocenters. The highest BCUT2D eigenvalue weighted by atomic mass is 19.4. The summed E-state index contributed by atoms with van der Waals surface area (Å²) in [4.78, 5) is 15.2. The Bertz CT molecular complexity index is 697. The molecule has 0 saturated heterocycles. The van der Waals surface area contributed by atoms with E-state index in [0.717, 1.165) is 18.9 Å². The highest BCUT2D eigenvalue weighted by molar-refractivity contribution is 5.95. The van der Waals surface area contributed by atoms with Gasteiger partial charge in [-0.1, -0.05) is 45.0 Å². The SMILES string of the molecule is CC.CCc1cccc(-c2cnc(C(C)=O)c(OC(F)(F)F)c2)c1. The first-order valence-corrected chi connectivity index (χ1v) is 7.66. The fourth-order valence-electron chi connectivity index (χ4n) is 2.04. The van der Waals surface area contributed by atoms with Crippen LogP contribution in [0.15, 0.2) is 36.5 Å². The minimum Gasteiger partial charge on any atom is -0.403 e. The Morgan fingerprint density at radius 2 is 1.83 bits per heavy atom. The number of ketones is 1. The number of hydrogen-bond donors (Lipinski definition) is 0. The number of alkyl halides is 3. The van der Waals surface area contributed by atoms with Crippen LogP contribution >= 0.6 is 0 Å². The minimum absolute atomic E-state index is 0.340. The third-order valence-corrected chi connectivity index (χ3v) is 3.08. The molecule has 3 nitrogen and oxygen atoms in total. The smallest absolute Gasteiger partial charge is 0.403 e. The van der Waals surface area contributed by atoms with Crippen molar-refractivity contribution in [1.82, 2.24) is 4.98 Å². The van der Waals surface area contributed by atoms with Gasteiger partial charge in [0, 0.05) is 18.7 Å². The molecule has 1 heterocycles. The van der Waals surface area contributed by atoms with E-state index in [1.54, 1.807) is 6.07 Å². The number of Topliss-reactive ketones (excluding diaryl/α,β-unsaturated/α-hetero) is 1. The second-order valence-corrected chi connectivity index (χ2v) is 4.73. The van der Waals surface area contributed by atoms with E-state index in [1.807, 2.05) is 39.0 Å². The highest BCUT2D eigenvalue weighted by Gasteiger charge is 2.33. The summed E-state index contributed by atoms with van der Waals surface area (Å²) in [5, 5.41) is 0. The lowest BCUT2D eigenvalue weighted by molar-refractivity contribution is -0.274. The van der Waals surface area contributed by atoms with Crippen LogP contribution in [0.3, 0.4) is 0 Å². The molecule has 0 radical (unpaired) electrons. The van der Waals surface area contributed by atoms with Gasteiger partial charge in [-0.3, -0.25) is 4.79 Å². The van der Waals surface area contributed by atoms with Crippen LogP contribution in [0.25, 0.3) is 11.1 Å². The van der Waals surface area contributed by atoms with E-state index in [0.29, 0.717) is 11.1 Å². The molecular weight excluding hydrogens is 319 g/mol. The van der Waals surface area contributed by atoms with E-state index in [-0.39, 0.29) is 5.69 Å². The molecule has 0 atom stereocenters. The zero-order chi connectivity index (χ0) is 18.3. The molecular formula is C18H20F3NO2. The molecule has 0 spiro atoms. The van der Waals surface area contributed by atoms with Crippen molar-refractivity contribution in [3.05, 3.63) is 47.8 Å². The predicted octanol–water partition coefficient (Wildman–Crippen LogP) is 5.44. The topological polar surface area (TPSA) is 39.2 Å².